The molecule has 0 amide bonds. The zero-order valence-corrected chi connectivity index (χ0v) is 8.95. The summed E-state index contributed by atoms with van der Waals surface area (Å²) in [6.45, 7) is 2.00. The highest BCUT2D eigenvalue weighted by Gasteiger charge is 2.23. The van der Waals surface area contributed by atoms with Crippen molar-refractivity contribution in [3.8, 4) is 0 Å². The van der Waals surface area contributed by atoms with Gasteiger partial charge in [-0.25, -0.2) is 0 Å². The van der Waals surface area contributed by atoms with Gasteiger partial charge in [-0.2, -0.15) is 0 Å². The highest BCUT2D eigenvalue weighted by Crippen LogP contribution is 2.16. The van der Waals surface area contributed by atoms with E-state index < -0.39 is 11.8 Å². The topological polar surface area (TPSA) is 86.7 Å². The van der Waals surface area contributed by atoms with Crippen molar-refractivity contribution >= 4 is 0 Å². The molecule has 0 radical (unpaired) electrons. The van der Waals surface area contributed by atoms with Gasteiger partial charge in [0.05, 0.1) is 6.10 Å². The van der Waals surface area contributed by atoms with Gasteiger partial charge in [0.1, 0.15) is 5.72 Å². The minimum atomic E-state index is -1.29. The Hall–Kier alpha value is -0.160. The van der Waals surface area contributed by atoms with Gasteiger partial charge in [-0.05, 0) is 19.3 Å². The lowest BCUT2D eigenvalue weighted by molar-refractivity contribution is -0.0195. The summed E-state index contributed by atoms with van der Waals surface area (Å²) in [5, 5.41) is 27.6. The summed E-state index contributed by atoms with van der Waals surface area (Å²) in [6.07, 6.45) is 3.19. The third-order valence-corrected chi connectivity index (χ3v) is 2.26. The van der Waals surface area contributed by atoms with Gasteiger partial charge in [-0.3, -0.25) is 0 Å². The van der Waals surface area contributed by atoms with Crippen molar-refractivity contribution in [1.29, 1.82) is 0 Å². The summed E-state index contributed by atoms with van der Waals surface area (Å²) >= 11 is 0. The molecule has 0 aliphatic carbocycles. The number of nitrogens with two attached hydrogens (primary N) is 1. The van der Waals surface area contributed by atoms with E-state index in [4.69, 9.17) is 10.8 Å². The van der Waals surface area contributed by atoms with Gasteiger partial charge in [0.15, 0.2) is 0 Å². The Morgan fingerprint density at radius 1 is 1.36 bits per heavy atom. The van der Waals surface area contributed by atoms with Crippen molar-refractivity contribution in [2.24, 2.45) is 5.73 Å². The largest absolute Gasteiger partial charge is 0.396 e. The van der Waals surface area contributed by atoms with Gasteiger partial charge in [0, 0.05) is 13.0 Å². The van der Waals surface area contributed by atoms with Crippen LogP contribution in [-0.2, 0) is 0 Å². The van der Waals surface area contributed by atoms with E-state index in [-0.39, 0.29) is 19.4 Å². The monoisotopic (exact) mass is 205 g/mol. The van der Waals surface area contributed by atoms with E-state index in [1.807, 2.05) is 0 Å². The maximum absolute atomic E-state index is 9.67. The molecule has 0 aliphatic rings. The SMILES string of the molecule is CCCCCC(N)(O)CC(O)CCO. The zero-order chi connectivity index (χ0) is 11.0. The van der Waals surface area contributed by atoms with Crippen LogP contribution in [0.4, 0.5) is 0 Å². The standard InChI is InChI=1S/C10H23NO3/c1-2-3-4-6-10(11,14)8-9(13)5-7-12/h9,12-14H,2-8,11H2,1H3. The van der Waals surface area contributed by atoms with E-state index in [1.54, 1.807) is 0 Å². The second-order valence-electron chi connectivity index (χ2n) is 3.93. The fourth-order valence-electron chi connectivity index (χ4n) is 1.44. The first-order valence-corrected chi connectivity index (χ1v) is 5.32. The first-order chi connectivity index (χ1) is 6.52. The molecule has 4 heteroatoms. The molecule has 0 saturated heterocycles. The summed E-state index contributed by atoms with van der Waals surface area (Å²) in [5.74, 6) is 0. The quantitative estimate of drug-likeness (QED) is 0.340. The van der Waals surface area contributed by atoms with Crippen LogP contribution < -0.4 is 5.73 Å². The fourth-order valence-corrected chi connectivity index (χ4v) is 1.44. The van der Waals surface area contributed by atoms with E-state index in [2.05, 4.69) is 6.92 Å². The Kier molecular flexibility index (Phi) is 7.09. The Morgan fingerprint density at radius 3 is 2.50 bits per heavy atom. The molecule has 0 aromatic carbocycles. The van der Waals surface area contributed by atoms with Crippen LogP contribution in [0.25, 0.3) is 0 Å². The normalized spacial score (nSPS) is 17.8. The smallest absolute Gasteiger partial charge is 0.116 e. The lowest BCUT2D eigenvalue weighted by Gasteiger charge is -2.25. The molecule has 0 spiro atoms. The van der Waals surface area contributed by atoms with Gasteiger partial charge < -0.3 is 21.1 Å². The number of aliphatic hydroxyl groups excluding tert-OH is 2. The number of hydrogen-bond donors (Lipinski definition) is 4. The molecule has 0 aromatic heterocycles. The van der Waals surface area contributed by atoms with Crippen LogP contribution in [0.3, 0.4) is 0 Å². The average molecular weight is 205 g/mol. The van der Waals surface area contributed by atoms with E-state index in [0.717, 1.165) is 19.3 Å². The number of rotatable bonds is 8. The Bertz CT molecular complexity index is 139. The van der Waals surface area contributed by atoms with Crippen molar-refractivity contribution in [3.05, 3.63) is 0 Å². The van der Waals surface area contributed by atoms with Gasteiger partial charge in [0.2, 0.25) is 0 Å². The highest BCUT2D eigenvalue weighted by molar-refractivity contribution is 4.74. The maximum atomic E-state index is 9.67. The van der Waals surface area contributed by atoms with Crippen LogP contribution in [-0.4, -0.2) is 33.8 Å². The van der Waals surface area contributed by atoms with Gasteiger partial charge >= 0.3 is 0 Å². The Balaban J connectivity index is 3.69. The molecule has 5 N–H and O–H groups in total. The minimum absolute atomic E-state index is 0.0772. The second kappa shape index (κ2) is 7.17. The van der Waals surface area contributed by atoms with Crippen molar-refractivity contribution < 1.29 is 15.3 Å². The number of aliphatic hydroxyl groups is 3. The molecule has 0 saturated carbocycles. The first kappa shape index (κ1) is 13.8. The van der Waals surface area contributed by atoms with Gasteiger partial charge in [0.25, 0.3) is 0 Å². The summed E-state index contributed by atoms with van der Waals surface area (Å²) < 4.78 is 0. The molecule has 0 aromatic rings. The molecule has 86 valence electrons. The number of unbranched alkanes of at least 4 members (excludes halogenated alkanes) is 2. The summed E-state index contributed by atoms with van der Waals surface area (Å²) in [6, 6.07) is 0. The predicted molar refractivity (Wildman–Crippen MR) is 55.6 cm³/mol. The first-order valence-electron chi connectivity index (χ1n) is 5.32. The van der Waals surface area contributed by atoms with E-state index in [0.29, 0.717) is 6.42 Å². The van der Waals surface area contributed by atoms with Crippen molar-refractivity contribution in [3.63, 3.8) is 0 Å². The molecule has 2 atom stereocenters. The summed E-state index contributed by atoms with van der Waals surface area (Å²) in [4.78, 5) is 0. The Morgan fingerprint density at radius 2 is 2.00 bits per heavy atom. The van der Waals surface area contributed by atoms with Crippen LogP contribution in [0.1, 0.15) is 45.4 Å². The van der Waals surface area contributed by atoms with Crippen LogP contribution in [0, 0.1) is 0 Å². The molecule has 0 heterocycles. The van der Waals surface area contributed by atoms with E-state index in [1.165, 1.54) is 0 Å². The minimum Gasteiger partial charge on any atom is -0.396 e. The molecule has 0 rings (SSSR count). The lowest BCUT2D eigenvalue weighted by atomic mass is 9.98. The third-order valence-electron chi connectivity index (χ3n) is 2.26. The molecule has 14 heavy (non-hydrogen) atoms. The molecule has 2 unspecified atom stereocenters. The molecular weight excluding hydrogens is 182 g/mol. The molecule has 0 aliphatic heterocycles. The van der Waals surface area contributed by atoms with Crippen LogP contribution >= 0.6 is 0 Å². The Labute approximate surface area is 85.7 Å². The van der Waals surface area contributed by atoms with Crippen molar-refractivity contribution in [2.45, 2.75) is 57.3 Å². The molecule has 4 nitrogen and oxygen atoms in total. The third kappa shape index (κ3) is 7.26. The number of hydrogen-bond acceptors (Lipinski definition) is 4. The molecular formula is C10H23NO3. The van der Waals surface area contributed by atoms with Crippen LogP contribution in [0.15, 0.2) is 0 Å². The van der Waals surface area contributed by atoms with Crippen molar-refractivity contribution in [2.75, 3.05) is 6.61 Å². The maximum Gasteiger partial charge on any atom is 0.116 e. The van der Waals surface area contributed by atoms with E-state index >= 15 is 0 Å². The predicted octanol–water partition coefficient (Wildman–Crippen LogP) is 0.347. The van der Waals surface area contributed by atoms with Gasteiger partial charge in [-0.1, -0.05) is 19.8 Å². The molecule has 0 bridgehead atoms. The van der Waals surface area contributed by atoms with E-state index in [9.17, 15) is 10.2 Å². The zero-order valence-electron chi connectivity index (χ0n) is 8.95. The summed E-state index contributed by atoms with van der Waals surface area (Å²) in [7, 11) is 0. The van der Waals surface area contributed by atoms with Gasteiger partial charge in [-0.15, -0.1) is 0 Å². The fraction of sp³-hybridized carbons (Fsp3) is 1.00. The second-order valence-corrected chi connectivity index (χ2v) is 3.93. The van der Waals surface area contributed by atoms with Crippen molar-refractivity contribution in [1.82, 2.24) is 0 Å². The average Bonchev–Trinajstić information content (AvgIpc) is 2.03. The lowest BCUT2D eigenvalue weighted by Crippen LogP contribution is -2.42. The highest BCUT2D eigenvalue weighted by atomic mass is 16.3. The summed E-state index contributed by atoms with van der Waals surface area (Å²) in [5.41, 5.74) is 4.31. The molecule has 0 fully saturated rings. The van der Waals surface area contributed by atoms with Crippen LogP contribution in [0.5, 0.6) is 0 Å². The van der Waals surface area contributed by atoms with Crippen LogP contribution in [0.2, 0.25) is 0 Å².